The van der Waals surface area contributed by atoms with Crippen LogP contribution in [0.1, 0.15) is 46.1 Å². The highest BCUT2D eigenvalue weighted by molar-refractivity contribution is 5.85. The van der Waals surface area contributed by atoms with Crippen LogP contribution in [0.15, 0.2) is 29.1 Å². The van der Waals surface area contributed by atoms with Crippen LogP contribution in [0.25, 0.3) is 11.0 Å². The van der Waals surface area contributed by atoms with E-state index >= 15 is 0 Å². The second-order valence-electron chi connectivity index (χ2n) is 8.44. The molecule has 1 saturated heterocycles. The third-order valence-corrected chi connectivity index (χ3v) is 4.93. The number of likely N-dealkylation sites (tertiary alicyclic amines) is 1. The molecule has 0 bridgehead atoms. The Hall–Kier alpha value is -2.57. The summed E-state index contributed by atoms with van der Waals surface area (Å²) in [4.78, 5) is 41.3. The first-order chi connectivity index (χ1) is 12.7. The molecule has 2 aromatic rings. The molecule has 1 aromatic carbocycles. The average Bonchev–Trinajstić information content (AvgIpc) is 2.94. The molecule has 27 heavy (non-hydrogen) atoms. The molecule has 0 saturated carbocycles. The van der Waals surface area contributed by atoms with Crippen molar-refractivity contribution in [2.24, 2.45) is 5.41 Å². The third-order valence-electron chi connectivity index (χ3n) is 4.93. The fraction of sp³-hybridized carbons (Fsp3) is 0.550. The van der Waals surface area contributed by atoms with Crippen molar-refractivity contribution in [3.8, 4) is 0 Å². The minimum Gasteiger partial charge on any atom is -0.347 e. The van der Waals surface area contributed by atoms with Crippen molar-refractivity contribution in [2.75, 3.05) is 19.6 Å². The number of hydrogen-bond acceptors (Lipinski definition) is 3. The number of nitrogens with zero attached hydrogens (tertiary/aromatic N) is 2. The van der Waals surface area contributed by atoms with Crippen molar-refractivity contribution in [3.63, 3.8) is 0 Å². The summed E-state index contributed by atoms with van der Waals surface area (Å²) in [7, 11) is 0. The van der Waals surface area contributed by atoms with E-state index in [1.807, 2.05) is 49.6 Å². The first-order valence-corrected chi connectivity index (χ1v) is 9.48. The molecule has 0 atom stereocenters. The molecule has 146 valence electrons. The highest BCUT2D eigenvalue weighted by Gasteiger charge is 2.26. The molecule has 0 aliphatic carbocycles. The highest BCUT2D eigenvalue weighted by atomic mass is 16.2. The Morgan fingerprint density at radius 3 is 2.52 bits per heavy atom. The zero-order valence-electron chi connectivity index (χ0n) is 16.2. The molecule has 0 unspecified atom stereocenters. The van der Waals surface area contributed by atoms with Crippen molar-refractivity contribution >= 4 is 22.8 Å². The lowest BCUT2D eigenvalue weighted by molar-refractivity contribution is -0.134. The molecule has 1 aliphatic rings. The maximum atomic E-state index is 12.4. The van der Waals surface area contributed by atoms with Crippen LogP contribution < -0.4 is 11.0 Å². The molecule has 7 heteroatoms. The first kappa shape index (κ1) is 19.2. The Morgan fingerprint density at radius 1 is 1.19 bits per heavy atom. The van der Waals surface area contributed by atoms with Crippen molar-refractivity contribution in [1.29, 1.82) is 0 Å². The van der Waals surface area contributed by atoms with Gasteiger partial charge in [0.2, 0.25) is 11.8 Å². The summed E-state index contributed by atoms with van der Waals surface area (Å²) < 4.78 is 1.81. The number of fused-ring (bicyclic) bond motifs is 1. The number of carbonyl (C=O) groups is 2. The maximum Gasteiger partial charge on any atom is 0.326 e. The Balaban J connectivity index is 1.55. The van der Waals surface area contributed by atoms with Crippen molar-refractivity contribution in [3.05, 3.63) is 34.7 Å². The lowest BCUT2D eigenvalue weighted by atomic mass is 9.92. The highest BCUT2D eigenvalue weighted by Crippen LogP contribution is 2.24. The van der Waals surface area contributed by atoms with Gasteiger partial charge in [-0.05, 0) is 30.4 Å². The Bertz CT molecular complexity index is 882. The van der Waals surface area contributed by atoms with Gasteiger partial charge >= 0.3 is 5.69 Å². The molecule has 1 aliphatic heterocycles. The fourth-order valence-electron chi connectivity index (χ4n) is 3.64. The maximum absolute atomic E-state index is 12.4. The number of H-pyrrole nitrogens is 1. The molecule has 3 rings (SSSR count). The molecule has 1 fully saturated rings. The number of benzene rings is 1. The van der Waals surface area contributed by atoms with E-state index < -0.39 is 0 Å². The number of aromatic nitrogens is 2. The fourth-order valence-corrected chi connectivity index (χ4v) is 3.64. The molecule has 1 aromatic heterocycles. The third kappa shape index (κ3) is 4.59. The van der Waals surface area contributed by atoms with Crippen LogP contribution in [0.5, 0.6) is 0 Å². The number of para-hydroxylation sites is 2. The molecule has 0 spiro atoms. The van der Waals surface area contributed by atoms with Crippen LogP contribution in [-0.4, -0.2) is 45.9 Å². The summed E-state index contributed by atoms with van der Waals surface area (Å²) in [6.07, 6.45) is 1.85. The number of carbonyl (C=O) groups excluding carboxylic acids is 2. The number of piperidine rings is 1. The van der Waals surface area contributed by atoms with Gasteiger partial charge in [-0.2, -0.15) is 0 Å². The monoisotopic (exact) mass is 372 g/mol. The molecular weight excluding hydrogens is 344 g/mol. The van der Waals surface area contributed by atoms with Gasteiger partial charge < -0.3 is 15.2 Å². The predicted octanol–water partition coefficient (Wildman–Crippen LogP) is 2.05. The number of aromatic amines is 1. The van der Waals surface area contributed by atoms with Crippen LogP contribution in [0.2, 0.25) is 0 Å². The molecule has 7 nitrogen and oxygen atoms in total. The van der Waals surface area contributed by atoms with Crippen molar-refractivity contribution in [2.45, 2.75) is 46.1 Å². The van der Waals surface area contributed by atoms with E-state index in [1.54, 1.807) is 4.90 Å². The molecule has 0 radical (unpaired) electrons. The zero-order valence-corrected chi connectivity index (χ0v) is 16.2. The van der Waals surface area contributed by atoms with Gasteiger partial charge in [0.05, 0.1) is 17.6 Å². The summed E-state index contributed by atoms with van der Waals surface area (Å²) in [6, 6.07) is 7.73. The summed E-state index contributed by atoms with van der Waals surface area (Å²) in [5.74, 6) is -0.168. The summed E-state index contributed by atoms with van der Waals surface area (Å²) >= 11 is 0. The largest absolute Gasteiger partial charge is 0.347 e. The second-order valence-corrected chi connectivity index (χ2v) is 8.44. The Morgan fingerprint density at radius 2 is 1.85 bits per heavy atom. The van der Waals surface area contributed by atoms with Crippen molar-refractivity contribution < 1.29 is 9.59 Å². The quantitative estimate of drug-likeness (QED) is 0.861. The Kier molecular flexibility index (Phi) is 5.39. The molecule has 2 amide bonds. The standard InChI is InChI=1S/C20H28N4O3/c1-20(2,3)12-17(25)21-13-18(26)23-10-8-14(9-11-23)24-16-7-5-4-6-15(16)22-19(24)27/h4-7,14H,8-13H2,1-3H3,(H,21,25)(H,22,27). The van der Waals surface area contributed by atoms with Crippen LogP contribution >= 0.6 is 0 Å². The average molecular weight is 372 g/mol. The number of rotatable bonds is 4. The molecule has 2 N–H and O–H groups in total. The van der Waals surface area contributed by atoms with Gasteiger partial charge in [-0.1, -0.05) is 32.9 Å². The van der Waals surface area contributed by atoms with Gasteiger partial charge in [-0.3, -0.25) is 14.2 Å². The summed E-state index contributed by atoms with van der Waals surface area (Å²) in [5.41, 5.74) is 1.54. The van der Waals surface area contributed by atoms with E-state index in [4.69, 9.17) is 0 Å². The van der Waals surface area contributed by atoms with Gasteiger partial charge in [0.1, 0.15) is 0 Å². The van der Waals surface area contributed by atoms with Gasteiger partial charge in [0, 0.05) is 25.6 Å². The minimum absolute atomic E-state index is 0.0343. The van der Waals surface area contributed by atoms with E-state index in [0.29, 0.717) is 19.5 Å². The minimum atomic E-state index is -0.101. The lowest BCUT2D eigenvalue weighted by Gasteiger charge is -2.32. The number of amides is 2. The van der Waals surface area contributed by atoms with Gasteiger partial charge in [0.25, 0.3) is 0 Å². The van der Waals surface area contributed by atoms with Crippen LogP contribution in [0, 0.1) is 5.41 Å². The van der Waals surface area contributed by atoms with E-state index in [0.717, 1.165) is 23.9 Å². The topological polar surface area (TPSA) is 87.2 Å². The number of imidazole rings is 1. The lowest BCUT2D eigenvalue weighted by Crippen LogP contribution is -2.45. The zero-order chi connectivity index (χ0) is 19.6. The second kappa shape index (κ2) is 7.58. The summed E-state index contributed by atoms with van der Waals surface area (Å²) in [5, 5.41) is 2.72. The van der Waals surface area contributed by atoms with Crippen molar-refractivity contribution in [1.82, 2.24) is 19.8 Å². The van der Waals surface area contributed by atoms with Crippen LogP contribution in [0.3, 0.4) is 0 Å². The van der Waals surface area contributed by atoms with Crippen LogP contribution in [0.4, 0.5) is 0 Å². The molecular formula is C20H28N4O3. The predicted molar refractivity (Wildman–Crippen MR) is 104 cm³/mol. The van der Waals surface area contributed by atoms with Gasteiger partial charge in [-0.25, -0.2) is 4.79 Å². The smallest absolute Gasteiger partial charge is 0.326 e. The SMILES string of the molecule is CC(C)(C)CC(=O)NCC(=O)N1CCC(n2c(=O)[nH]c3ccccc32)CC1. The number of nitrogens with one attached hydrogen (secondary N) is 2. The number of hydrogen-bond donors (Lipinski definition) is 2. The van der Waals surface area contributed by atoms with E-state index in [9.17, 15) is 14.4 Å². The van der Waals surface area contributed by atoms with E-state index in [1.165, 1.54) is 0 Å². The first-order valence-electron chi connectivity index (χ1n) is 9.48. The van der Waals surface area contributed by atoms with Gasteiger partial charge in [0.15, 0.2) is 0 Å². The van der Waals surface area contributed by atoms with Crippen LogP contribution in [-0.2, 0) is 9.59 Å². The Labute approximate surface area is 158 Å². The summed E-state index contributed by atoms with van der Waals surface area (Å²) in [6.45, 7) is 7.19. The van der Waals surface area contributed by atoms with E-state index in [-0.39, 0.29) is 35.5 Å². The van der Waals surface area contributed by atoms with E-state index in [2.05, 4.69) is 10.3 Å². The van der Waals surface area contributed by atoms with Gasteiger partial charge in [-0.15, -0.1) is 0 Å². The molecule has 2 heterocycles. The normalized spacial score (nSPS) is 15.9.